The van der Waals surface area contributed by atoms with E-state index in [1.54, 1.807) is 0 Å². The Labute approximate surface area is 105 Å². The average Bonchev–Trinajstić information content (AvgIpc) is 2.53. The van der Waals surface area contributed by atoms with Gasteiger partial charge in [0.2, 0.25) is 0 Å². The Kier molecular flexibility index (Phi) is 3.50. The van der Waals surface area contributed by atoms with E-state index in [-0.39, 0.29) is 0 Å². The summed E-state index contributed by atoms with van der Waals surface area (Å²) in [5.41, 5.74) is 9.56. The summed E-state index contributed by atoms with van der Waals surface area (Å²) in [4.78, 5) is 0. The maximum atomic E-state index is 5.79. The first-order valence-corrected chi connectivity index (χ1v) is 6.65. The van der Waals surface area contributed by atoms with Crippen LogP contribution in [-0.4, -0.2) is 15.8 Å². The van der Waals surface area contributed by atoms with Crippen LogP contribution in [0.4, 0.5) is 0 Å². The summed E-state index contributed by atoms with van der Waals surface area (Å²) in [7, 11) is 0. The number of rotatable bonds is 3. The van der Waals surface area contributed by atoms with Gasteiger partial charge in [-0.05, 0) is 48.2 Å². The van der Waals surface area contributed by atoms with Crippen molar-refractivity contribution in [3.05, 3.63) is 21.4 Å². The van der Waals surface area contributed by atoms with E-state index in [0.29, 0.717) is 6.04 Å². The van der Waals surface area contributed by atoms with E-state index < -0.39 is 0 Å². The predicted octanol–water partition coefficient (Wildman–Crippen LogP) is 2.73. The lowest BCUT2D eigenvalue weighted by Crippen LogP contribution is -2.30. The summed E-state index contributed by atoms with van der Waals surface area (Å²) in [5, 5.41) is 4.57. The van der Waals surface area contributed by atoms with Gasteiger partial charge in [-0.25, -0.2) is 0 Å². The van der Waals surface area contributed by atoms with Crippen molar-refractivity contribution in [2.75, 3.05) is 0 Å². The molecule has 1 fully saturated rings. The molecule has 0 aliphatic heterocycles. The molecule has 1 aromatic heterocycles. The fourth-order valence-corrected chi connectivity index (χ4v) is 2.71. The molecular weight excluding hydrogens is 266 g/mol. The topological polar surface area (TPSA) is 43.8 Å². The molecule has 2 rings (SSSR count). The molecule has 88 valence electrons. The zero-order valence-corrected chi connectivity index (χ0v) is 11.4. The Morgan fingerprint density at radius 2 is 2.19 bits per heavy atom. The SMILES string of the molecule is CCc1nn(CC)c(C=C2CC(N)C2)c1Br. The highest BCUT2D eigenvalue weighted by Gasteiger charge is 2.20. The third-order valence-corrected chi connectivity index (χ3v) is 3.89. The molecule has 3 nitrogen and oxygen atoms in total. The summed E-state index contributed by atoms with van der Waals surface area (Å²) in [6.07, 6.45) is 5.26. The van der Waals surface area contributed by atoms with Crippen LogP contribution < -0.4 is 5.73 Å². The fraction of sp³-hybridized carbons (Fsp3) is 0.583. The standard InChI is InChI=1S/C12H18BrN3/c1-3-10-12(13)11(16(4-2)15-10)7-8-5-9(14)6-8/h7,9H,3-6,14H2,1-2H3. The zero-order chi connectivity index (χ0) is 11.7. The van der Waals surface area contributed by atoms with Gasteiger partial charge in [0.25, 0.3) is 0 Å². The third kappa shape index (κ3) is 2.09. The van der Waals surface area contributed by atoms with Crippen molar-refractivity contribution in [1.82, 2.24) is 9.78 Å². The van der Waals surface area contributed by atoms with E-state index in [0.717, 1.165) is 36.0 Å². The molecule has 1 saturated carbocycles. The second kappa shape index (κ2) is 4.72. The van der Waals surface area contributed by atoms with Crippen molar-refractivity contribution in [3.8, 4) is 0 Å². The predicted molar refractivity (Wildman–Crippen MR) is 70.2 cm³/mol. The summed E-state index contributed by atoms with van der Waals surface area (Å²) in [5.74, 6) is 0. The number of nitrogens with two attached hydrogens (primary N) is 1. The van der Waals surface area contributed by atoms with Crippen LogP contribution in [0.3, 0.4) is 0 Å². The second-order valence-corrected chi connectivity index (χ2v) is 5.08. The van der Waals surface area contributed by atoms with Crippen molar-refractivity contribution in [1.29, 1.82) is 0 Å². The van der Waals surface area contributed by atoms with Gasteiger partial charge in [0.05, 0.1) is 15.9 Å². The van der Waals surface area contributed by atoms with Gasteiger partial charge in [-0.15, -0.1) is 0 Å². The van der Waals surface area contributed by atoms with E-state index in [1.807, 2.05) is 0 Å². The molecule has 1 aliphatic carbocycles. The highest BCUT2D eigenvalue weighted by Crippen LogP contribution is 2.30. The van der Waals surface area contributed by atoms with Crippen molar-refractivity contribution < 1.29 is 0 Å². The third-order valence-electron chi connectivity index (χ3n) is 3.02. The number of hydrogen-bond acceptors (Lipinski definition) is 2. The van der Waals surface area contributed by atoms with Gasteiger partial charge in [-0.3, -0.25) is 4.68 Å². The molecule has 2 N–H and O–H groups in total. The molecule has 16 heavy (non-hydrogen) atoms. The van der Waals surface area contributed by atoms with Crippen LogP contribution in [0.25, 0.3) is 6.08 Å². The smallest absolute Gasteiger partial charge is 0.0770 e. The summed E-state index contributed by atoms with van der Waals surface area (Å²) in [6.45, 7) is 5.15. The number of hydrogen-bond donors (Lipinski definition) is 1. The first kappa shape index (κ1) is 11.9. The van der Waals surface area contributed by atoms with Gasteiger partial charge < -0.3 is 5.73 Å². The Morgan fingerprint density at radius 1 is 1.50 bits per heavy atom. The lowest BCUT2D eigenvalue weighted by Gasteiger charge is -2.25. The van der Waals surface area contributed by atoms with Crippen molar-refractivity contribution in [2.45, 2.75) is 45.7 Å². The van der Waals surface area contributed by atoms with Crippen molar-refractivity contribution >= 4 is 22.0 Å². The van der Waals surface area contributed by atoms with Gasteiger partial charge in [-0.1, -0.05) is 12.5 Å². The number of halogens is 1. The van der Waals surface area contributed by atoms with Gasteiger partial charge in [-0.2, -0.15) is 5.10 Å². The Hall–Kier alpha value is -0.610. The van der Waals surface area contributed by atoms with Gasteiger partial charge in [0.1, 0.15) is 0 Å². The average molecular weight is 284 g/mol. The maximum absolute atomic E-state index is 5.79. The van der Waals surface area contributed by atoms with Crippen molar-refractivity contribution in [2.24, 2.45) is 5.73 Å². The van der Waals surface area contributed by atoms with Crippen LogP contribution in [-0.2, 0) is 13.0 Å². The molecule has 0 radical (unpaired) electrons. The van der Waals surface area contributed by atoms with E-state index in [9.17, 15) is 0 Å². The second-order valence-electron chi connectivity index (χ2n) is 4.29. The molecule has 0 unspecified atom stereocenters. The van der Waals surface area contributed by atoms with Crippen molar-refractivity contribution in [3.63, 3.8) is 0 Å². The molecule has 0 atom stereocenters. The minimum atomic E-state index is 0.369. The zero-order valence-electron chi connectivity index (χ0n) is 9.83. The lowest BCUT2D eigenvalue weighted by atomic mass is 9.86. The minimum Gasteiger partial charge on any atom is -0.327 e. The monoisotopic (exact) mass is 283 g/mol. The summed E-state index contributed by atoms with van der Waals surface area (Å²) >= 11 is 3.64. The van der Waals surface area contributed by atoms with E-state index in [4.69, 9.17) is 5.73 Å². The molecule has 0 spiro atoms. The summed E-state index contributed by atoms with van der Waals surface area (Å²) < 4.78 is 3.20. The highest BCUT2D eigenvalue weighted by atomic mass is 79.9. The Balaban J connectivity index is 2.32. The molecule has 0 amide bonds. The lowest BCUT2D eigenvalue weighted by molar-refractivity contribution is 0.545. The van der Waals surface area contributed by atoms with E-state index in [1.165, 1.54) is 11.3 Å². The molecule has 0 aromatic carbocycles. The normalized spacial score (nSPS) is 19.8. The first-order chi connectivity index (χ1) is 7.65. The number of aromatic nitrogens is 2. The molecule has 0 saturated heterocycles. The van der Waals surface area contributed by atoms with Crippen LogP contribution in [0.2, 0.25) is 0 Å². The highest BCUT2D eigenvalue weighted by molar-refractivity contribution is 9.10. The van der Waals surface area contributed by atoms with Crippen LogP contribution in [0.15, 0.2) is 10.0 Å². The fourth-order valence-electron chi connectivity index (χ4n) is 2.03. The maximum Gasteiger partial charge on any atom is 0.0770 e. The number of nitrogens with zero attached hydrogens (tertiary/aromatic N) is 2. The van der Waals surface area contributed by atoms with Gasteiger partial charge in [0.15, 0.2) is 0 Å². The molecular formula is C12H18BrN3. The van der Waals surface area contributed by atoms with Gasteiger partial charge in [0, 0.05) is 12.6 Å². The van der Waals surface area contributed by atoms with Gasteiger partial charge >= 0.3 is 0 Å². The van der Waals surface area contributed by atoms with E-state index in [2.05, 4.69) is 45.6 Å². The molecule has 1 aliphatic rings. The molecule has 1 heterocycles. The van der Waals surface area contributed by atoms with Crippen LogP contribution in [0.5, 0.6) is 0 Å². The first-order valence-electron chi connectivity index (χ1n) is 5.85. The summed E-state index contributed by atoms with van der Waals surface area (Å²) in [6, 6.07) is 0.369. The van der Waals surface area contributed by atoms with Crippen LogP contribution >= 0.6 is 15.9 Å². The molecule has 0 bridgehead atoms. The van der Waals surface area contributed by atoms with Crippen LogP contribution in [0, 0.1) is 0 Å². The minimum absolute atomic E-state index is 0.369. The van der Waals surface area contributed by atoms with Crippen LogP contribution in [0.1, 0.15) is 38.1 Å². The quantitative estimate of drug-likeness (QED) is 0.927. The molecule has 1 aromatic rings. The Morgan fingerprint density at radius 3 is 2.69 bits per heavy atom. The number of aryl methyl sites for hydroxylation is 2. The van der Waals surface area contributed by atoms with E-state index >= 15 is 0 Å². The largest absolute Gasteiger partial charge is 0.327 e. The Bertz CT molecular complexity index is 412. The molecule has 4 heteroatoms.